The number of carbonyl (C=O) groups excluding carboxylic acids is 1. The van der Waals surface area contributed by atoms with Gasteiger partial charge in [0.2, 0.25) is 5.91 Å². The maximum atomic E-state index is 12.3. The summed E-state index contributed by atoms with van der Waals surface area (Å²) in [5.41, 5.74) is 4.90. The number of nitrogens with zero attached hydrogens (tertiary/aromatic N) is 2. The summed E-state index contributed by atoms with van der Waals surface area (Å²) in [6, 6.07) is 0.494. The van der Waals surface area contributed by atoms with Crippen LogP contribution in [0.1, 0.15) is 40.0 Å². The van der Waals surface area contributed by atoms with E-state index < -0.39 is 5.41 Å². The minimum absolute atomic E-state index is 0.0309. The summed E-state index contributed by atoms with van der Waals surface area (Å²) in [4.78, 5) is 14.5. The van der Waals surface area contributed by atoms with Crippen LogP contribution in [0.15, 0.2) is 5.16 Å². The lowest BCUT2D eigenvalue weighted by atomic mass is 9.61. The summed E-state index contributed by atoms with van der Waals surface area (Å²) in [7, 11) is 2.05. The van der Waals surface area contributed by atoms with Crippen LogP contribution in [0.5, 0.6) is 0 Å². The first-order valence-electron chi connectivity index (χ1n) is 7.34. The Morgan fingerprint density at radius 1 is 1.60 bits per heavy atom. The molecule has 1 aliphatic rings. The van der Waals surface area contributed by atoms with Gasteiger partial charge in [0.25, 0.3) is 0 Å². The maximum Gasteiger partial charge on any atom is 0.234 e. The van der Waals surface area contributed by atoms with Crippen molar-refractivity contribution < 1.29 is 10.0 Å². The quantitative estimate of drug-likeness (QED) is 0.281. The molecule has 0 aliphatic heterocycles. The number of hydrogen-bond acceptors (Lipinski definition) is 4. The third kappa shape index (κ3) is 3.42. The number of hydrogen-bond donors (Lipinski definition) is 3. The number of nitrogens with one attached hydrogen (secondary N) is 1. The second-order valence-electron chi connectivity index (χ2n) is 6.07. The van der Waals surface area contributed by atoms with Gasteiger partial charge in [-0.3, -0.25) is 4.79 Å². The zero-order valence-corrected chi connectivity index (χ0v) is 13.0. The van der Waals surface area contributed by atoms with E-state index in [-0.39, 0.29) is 11.7 Å². The largest absolute Gasteiger partial charge is 0.409 e. The Morgan fingerprint density at radius 2 is 2.20 bits per heavy atom. The first-order chi connectivity index (χ1) is 9.37. The first-order valence-corrected chi connectivity index (χ1v) is 7.34. The molecule has 0 saturated heterocycles. The fourth-order valence-electron chi connectivity index (χ4n) is 2.78. The molecule has 1 aliphatic carbocycles. The van der Waals surface area contributed by atoms with Crippen LogP contribution in [0.2, 0.25) is 0 Å². The highest BCUT2D eigenvalue weighted by atomic mass is 16.4. The molecule has 6 heteroatoms. The number of likely N-dealkylation sites (N-methyl/N-ethyl adjacent to an activating group) is 1. The normalized spacial score (nSPS) is 28.1. The molecule has 116 valence electrons. The van der Waals surface area contributed by atoms with E-state index in [4.69, 9.17) is 10.9 Å². The van der Waals surface area contributed by atoms with E-state index in [0.717, 1.165) is 13.0 Å². The van der Waals surface area contributed by atoms with Crippen LogP contribution >= 0.6 is 0 Å². The molecule has 0 heterocycles. The lowest BCUT2D eigenvalue weighted by Gasteiger charge is -2.43. The highest BCUT2D eigenvalue weighted by Gasteiger charge is 2.52. The number of rotatable bonds is 7. The molecule has 1 unspecified atom stereocenters. The van der Waals surface area contributed by atoms with E-state index >= 15 is 0 Å². The summed E-state index contributed by atoms with van der Waals surface area (Å²) < 4.78 is 0. The van der Waals surface area contributed by atoms with Gasteiger partial charge in [-0.05, 0) is 39.2 Å². The van der Waals surface area contributed by atoms with Crippen LogP contribution in [0.25, 0.3) is 0 Å². The van der Waals surface area contributed by atoms with E-state index in [9.17, 15) is 4.79 Å². The van der Waals surface area contributed by atoms with Gasteiger partial charge in [-0.1, -0.05) is 19.0 Å². The number of oxime groups is 1. The Kier molecular flexibility index (Phi) is 5.80. The second kappa shape index (κ2) is 6.92. The zero-order chi connectivity index (χ0) is 15.3. The third-order valence-electron chi connectivity index (χ3n) is 4.52. The Morgan fingerprint density at radius 3 is 2.65 bits per heavy atom. The monoisotopic (exact) mass is 284 g/mol. The molecule has 6 nitrogen and oxygen atoms in total. The molecule has 1 rings (SSSR count). The van der Waals surface area contributed by atoms with Crippen molar-refractivity contribution in [3.63, 3.8) is 0 Å². The molecule has 1 atom stereocenters. The van der Waals surface area contributed by atoms with Crippen LogP contribution in [0.3, 0.4) is 0 Å². The molecule has 0 bridgehead atoms. The van der Waals surface area contributed by atoms with Gasteiger partial charge in [0.05, 0.1) is 0 Å². The van der Waals surface area contributed by atoms with Gasteiger partial charge in [0.1, 0.15) is 5.41 Å². The van der Waals surface area contributed by atoms with Gasteiger partial charge < -0.3 is 21.2 Å². The molecule has 1 fully saturated rings. The molecule has 0 aromatic carbocycles. The molecular formula is C14H28N4O2. The van der Waals surface area contributed by atoms with Crippen molar-refractivity contribution in [3.8, 4) is 0 Å². The summed E-state index contributed by atoms with van der Waals surface area (Å²) in [5, 5.41) is 14.8. The molecule has 0 aromatic rings. The van der Waals surface area contributed by atoms with Crippen LogP contribution in [0.4, 0.5) is 0 Å². The first kappa shape index (κ1) is 16.8. The van der Waals surface area contributed by atoms with Crippen LogP contribution in [0, 0.1) is 11.3 Å². The predicted octanol–water partition coefficient (Wildman–Crippen LogP) is 0.996. The Hall–Kier alpha value is -1.30. The fraction of sp³-hybridized carbons (Fsp3) is 0.857. The Balaban J connectivity index is 2.49. The van der Waals surface area contributed by atoms with Gasteiger partial charge in [0.15, 0.2) is 5.84 Å². The Labute approximate surface area is 121 Å². The molecule has 0 aromatic heterocycles. The molecule has 0 spiro atoms. The number of amides is 1. The highest BCUT2D eigenvalue weighted by molar-refractivity contribution is 6.07. The topological polar surface area (TPSA) is 91.0 Å². The van der Waals surface area contributed by atoms with Crippen molar-refractivity contribution in [2.75, 3.05) is 20.1 Å². The summed E-state index contributed by atoms with van der Waals surface area (Å²) in [6.45, 7) is 7.74. The molecule has 0 radical (unpaired) electrons. The molecule has 20 heavy (non-hydrogen) atoms. The summed E-state index contributed by atoms with van der Waals surface area (Å²) in [5.74, 6) is 0.343. The van der Waals surface area contributed by atoms with E-state index in [0.29, 0.717) is 31.3 Å². The predicted molar refractivity (Wildman–Crippen MR) is 79.6 cm³/mol. The van der Waals surface area contributed by atoms with Gasteiger partial charge in [-0.2, -0.15) is 0 Å². The number of nitrogens with two attached hydrogens (primary N) is 1. The minimum atomic E-state index is -0.802. The van der Waals surface area contributed by atoms with Crippen molar-refractivity contribution in [2.24, 2.45) is 22.2 Å². The van der Waals surface area contributed by atoms with Gasteiger partial charge in [-0.25, -0.2) is 0 Å². The second-order valence-corrected chi connectivity index (χ2v) is 6.07. The molecule has 1 amide bonds. The van der Waals surface area contributed by atoms with Gasteiger partial charge in [0, 0.05) is 19.1 Å². The Bertz CT molecular complexity index is 364. The summed E-state index contributed by atoms with van der Waals surface area (Å²) >= 11 is 0. The summed E-state index contributed by atoms with van der Waals surface area (Å²) in [6.07, 6.45) is 2.38. The molecule has 4 N–H and O–H groups in total. The SMILES string of the molecule is CCC(C)N(C)CCNC(=O)C1(C(N)=NO)CC(C)C1. The minimum Gasteiger partial charge on any atom is -0.409 e. The fourth-order valence-corrected chi connectivity index (χ4v) is 2.78. The lowest BCUT2D eigenvalue weighted by molar-refractivity contribution is -0.133. The van der Waals surface area contributed by atoms with Crippen LogP contribution < -0.4 is 11.1 Å². The van der Waals surface area contributed by atoms with Crippen molar-refractivity contribution in [1.29, 1.82) is 0 Å². The van der Waals surface area contributed by atoms with E-state index in [2.05, 4.69) is 36.1 Å². The highest BCUT2D eigenvalue weighted by Crippen LogP contribution is 2.45. The smallest absolute Gasteiger partial charge is 0.234 e. The van der Waals surface area contributed by atoms with E-state index in [1.807, 2.05) is 7.05 Å². The van der Waals surface area contributed by atoms with Crippen molar-refractivity contribution in [2.45, 2.75) is 46.1 Å². The van der Waals surface area contributed by atoms with Crippen LogP contribution in [-0.4, -0.2) is 48.0 Å². The average molecular weight is 284 g/mol. The number of amidine groups is 1. The molecular weight excluding hydrogens is 256 g/mol. The van der Waals surface area contributed by atoms with E-state index in [1.165, 1.54) is 0 Å². The lowest BCUT2D eigenvalue weighted by Crippen LogP contribution is -2.57. The molecule has 1 saturated carbocycles. The third-order valence-corrected chi connectivity index (χ3v) is 4.52. The van der Waals surface area contributed by atoms with Crippen LogP contribution in [-0.2, 0) is 4.79 Å². The standard InChI is InChI=1S/C14H28N4O2/c1-5-11(3)18(4)7-6-16-13(19)14(12(15)17-20)8-10(2)9-14/h10-11,20H,5-9H2,1-4H3,(H2,15,17)(H,16,19). The van der Waals surface area contributed by atoms with Crippen molar-refractivity contribution in [1.82, 2.24) is 10.2 Å². The van der Waals surface area contributed by atoms with Gasteiger partial charge in [-0.15, -0.1) is 0 Å². The van der Waals surface area contributed by atoms with Crippen molar-refractivity contribution >= 4 is 11.7 Å². The zero-order valence-electron chi connectivity index (χ0n) is 13.0. The average Bonchev–Trinajstić information content (AvgIpc) is 2.41. The van der Waals surface area contributed by atoms with Gasteiger partial charge >= 0.3 is 0 Å². The van der Waals surface area contributed by atoms with E-state index in [1.54, 1.807) is 0 Å². The maximum absolute atomic E-state index is 12.3. The number of carbonyl (C=O) groups is 1. The van der Waals surface area contributed by atoms with Crippen molar-refractivity contribution in [3.05, 3.63) is 0 Å².